The Morgan fingerprint density at radius 1 is 1.40 bits per heavy atom. The molecule has 1 aliphatic carbocycles. The Kier molecular flexibility index (Phi) is 5.05. The lowest BCUT2D eigenvalue weighted by Crippen LogP contribution is -2.36. The third kappa shape index (κ3) is 3.53. The van der Waals surface area contributed by atoms with Crippen molar-refractivity contribution < 1.29 is 9.21 Å². The van der Waals surface area contributed by atoms with Gasteiger partial charge < -0.3 is 9.32 Å². The summed E-state index contributed by atoms with van der Waals surface area (Å²) in [7, 11) is 0. The molecule has 0 bridgehead atoms. The molecular weight excluding hydrogens is 250 g/mol. The number of carbonyl (C=O) groups is 1. The van der Waals surface area contributed by atoms with Crippen LogP contribution < -0.4 is 0 Å². The number of furan rings is 1. The Bertz CT molecular complexity index is 469. The second-order valence-corrected chi connectivity index (χ2v) is 5.83. The van der Waals surface area contributed by atoms with Crippen LogP contribution in [0.15, 0.2) is 23.1 Å². The van der Waals surface area contributed by atoms with Crippen molar-refractivity contribution in [3.8, 4) is 0 Å². The van der Waals surface area contributed by atoms with E-state index in [0.717, 1.165) is 12.3 Å². The van der Waals surface area contributed by atoms with Crippen molar-refractivity contribution in [3.05, 3.63) is 35.8 Å². The Labute approximate surface area is 121 Å². The van der Waals surface area contributed by atoms with Crippen LogP contribution in [0.25, 0.3) is 0 Å². The molecule has 110 valence electrons. The number of hydrogen-bond acceptors (Lipinski definition) is 2. The first-order chi connectivity index (χ1) is 9.61. The smallest absolute Gasteiger partial charge is 0.257 e. The third-order valence-electron chi connectivity index (χ3n) is 4.11. The highest BCUT2D eigenvalue weighted by atomic mass is 16.3. The minimum absolute atomic E-state index is 0.0739. The largest absolute Gasteiger partial charge is 0.466 e. The molecule has 1 aliphatic rings. The van der Waals surface area contributed by atoms with Crippen LogP contribution in [0, 0.1) is 19.8 Å². The number of carbonyl (C=O) groups excluding carboxylic acids is 1. The first-order valence-electron chi connectivity index (χ1n) is 7.59. The molecule has 1 amide bonds. The number of nitrogens with zero attached hydrogens (tertiary/aromatic N) is 1. The summed E-state index contributed by atoms with van der Waals surface area (Å²) in [6, 6.07) is 1.84. The molecular formula is C17H25NO2. The van der Waals surface area contributed by atoms with Gasteiger partial charge in [0.1, 0.15) is 11.5 Å². The molecule has 0 radical (unpaired) electrons. The Balaban J connectivity index is 2.08. The fraction of sp³-hybridized carbons (Fsp3) is 0.588. The molecule has 1 aromatic heterocycles. The van der Waals surface area contributed by atoms with E-state index in [1.807, 2.05) is 30.9 Å². The molecule has 0 unspecified atom stereocenters. The number of hydrogen-bond donors (Lipinski definition) is 0. The average molecular weight is 275 g/mol. The van der Waals surface area contributed by atoms with Gasteiger partial charge in [-0.2, -0.15) is 0 Å². The van der Waals surface area contributed by atoms with Crippen LogP contribution in [0.1, 0.15) is 54.0 Å². The van der Waals surface area contributed by atoms with Gasteiger partial charge in [-0.1, -0.05) is 25.3 Å². The van der Waals surface area contributed by atoms with Crippen molar-refractivity contribution in [1.82, 2.24) is 4.90 Å². The van der Waals surface area contributed by atoms with Crippen LogP contribution in [0.3, 0.4) is 0 Å². The van der Waals surface area contributed by atoms with Crippen LogP contribution in [0.2, 0.25) is 0 Å². The standard InChI is InChI=1S/C17H25NO2/c1-4-10-18(12-15-8-6-5-7-9-15)17(19)16-11-13(2)20-14(16)3/h4,11,15H,1,5-10,12H2,2-3H3. The summed E-state index contributed by atoms with van der Waals surface area (Å²) in [5.74, 6) is 2.22. The van der Waals surface area contributed by atoms with Crippen molar-refractivity contribution in [2.45, 2.75) is 46.0 Å². The van der Waals surface area contributed by atoms with Crippen LogP contribution in [0.5, 0.6) is 0 Å². The van der Waals surface area contributed by atoms with Gasteiger partial charge in [0, 0.05) is 13.1 Å². The van der Waals surface area contributed by atoms with Crippen LogP contribution >= 0.6 is 0 Å². The second-order valence-electron chi connectivity index (χ2n) is 5.83. The molecule has 0 aromatic carbocycles. The molecule has 1 heterocycles. The maximum absolute atomic E-state index is 12.7. The SMILES string of the molecule is C=CCN(CC1CCCCC1)C(=O)c1cc(C)oc1C. The van der Waals surface area contributed by atoms with E-state index in [0.29, 0.717) is 23.8 Å². The summed E-state index contributed by atoms with van der Waals surface area (Å²) in [5.41, 5.74) is 0.695. The van der Waals surface area contributed by atoms with E-state index in [4.69, 9.17) is 4.42 Å². The molecule has 0 saturated heterocycles. The van der Waals surface area contributed by atoms with Gasteiger partial charge in [0.15, 0.2) is 0 Å². The number of aryl methyl sites for hydroxylation is 2. The fourth-order valence-corrected chi connectivity index (χ4v) is 3.09. The summed E-state index contributed by atoms with van der Waals surface area (Å²) >= 11 is 0. The molecule has 1 saturated carbocycles. The number of amides is 1. The van der Waals surface area contributed by atoms with Gasteiger partial charge in [-0.25, -0.2) is 0 Å². The van der Waals surface area contributed by atoms with Crippen molar-refractivity contribution in [3.63, 3.8) is 0 Å². The van der Waals surface area contributed by atoms with E-state index in [-0.39, 0.29) is 5.91 Å². The van der Waals surface area contributed by atoms with Gasteiger partial charge in [-0.3, -0.25) is 4.79 Å². The van der Waals surface area contributed by atoms with Gasteiger partial charge in [-0.15, -0.1) is 6.58 Å². The Hall–Kier alpha value is -1.51. The van der Waals surface area contributed by atoms with E-state index >= 15 is 0 Å². The summed E-state index contributed by atoms with van der Waals surface area (Å²) < 4.78 is 5.48. The van der Waals surface area contributed by atoms with Crippen LogP contribution in [0.4, 0.5) is 0 Å². The third-order valence-corrected chi connectivity index (χ3v) is 4.11. The summed E-state index contributed by atoms with van der Waals surface area (Å²) in [5, 5.41) is 0. The monoisotopic (exact) mass is 275 g/mol. The fourth-order valence-electron chi connectivity index (χ4n) is 3.09. The molecule has 2 rings (SSSR count). The van der Waals surface area contributed by atoms with Crippen molar-refractivity contribution >= 4 is 5.91 Å². The zero-order valence-electron chi connectivity index (χ0n) is 12.7. The van der Waals surface area contributed by atoms with Crippen molar-refractivity contribution in [2.24, 2.45) is 5.92 Å². The zero-order chi connectivity index (χ0) is 14.5. The van der Waals surface area contributed by atoms with Crippen LogP contribution in [-0.4, -0.2) is 23.9 Å². The predicted octanol–water partition coefficient (Wildman–Crippen LogP) is 4.10. The maximum Gasteiger partial charge on any atom is 0.257 e. The van der Waals surface area contributed by atoms with E-state index in [2.05, 4.69) is 6.58 Å². The Morgan fingerprint density at radius 3 is 2.65 bits per heavy atom. The van der Waals surface area contributed by atoms with Gasteiger partial charge >= 0.3 is 0 Å². The molecule has 3 nitrogen and oxygen atoms in total. The van der Waals surface area contributed by atoms with E-state index in [1.54, 1.807) is 0 Å². The van der Waals surface area contributed by atoms with Gasteiger partial charge in [0.25, 0.3) is 5.91 Å². The van der Waals surface area contributed by atoms with E-state index < -0.39 is 0 Å². The van der Waals surface area contributed by atoms with Crippen LogP contribution in [-0.2, 0) is 0 Å². The molecule has 0 N–H and O–H groups in total. The highest BCUT2D eigenvalue weighted by Crippen LogP contribution is 2.25. The molecule has 0 spiro atoms. The molecule has 0 aliphatic heterocycles. The lowest BCUT2D eigenvalue weighted by Gasteiger charge is -2.29. The first-order valence-corrected chi connectivity index (χ1v) is 7.59. The normalized spacial score (nSPS) is 16.1. The van der Waals surface area contributed by atoms with Gasteiger partial charge in [0.2, 0.25) is 0 Å². The highest BCUT2D eigenvalue weighted by Gasteiger charge is 2.23. The van der Waals surface area contributed by atoms with Gasteiger partial charge in [0.05, 0.1) is 5.56 Å². The van der Waals surface area contributed by atoms with Gasteiger partial charge in [-0.05, 0) is 38.7 Å². The zero-order valence-corrected chi connectivity index (χ0v) is 12.7. The minimum Gasteiger partial charge on any atom is -0.466 e. The number of rotatable bonds is 5. The topological polar surface area (TPSA) is 33.5 Å². The van der Waals surface area contributed by atoms with Crippen molar-refractivity contribution in [1.29, 1.82) is 0 Å². The first kappa shape index (κ1) is 14.9. The summed E-state index contributed by atoms with van der Waals surface area (Å²) in [4.78, 5) is 14.6. The highest BCUT2D eigenvalue weighted by molar-refractivity contribution is 5.95. The molecule has 20 heavy (non-hydrogen) atoms. The predicted molar refractivity (Wildman–Crippen MR) is 80.9 cm³/mol. The molecule has 1 aromatic rings. The lowest BCUT2D eigenvalue weighted by atomic mass is 9.89. The second kappa shape index (κ2) is 6.78. The summed E-state index contributed by atoms with van der Waals surface area (Å²) in [6.45, 7) is 8.96. The lowest BCUT2D eigenvalue weighted by molar-refractivity contribution is 0.0734. The van der Waals surface area contributed by atoms with E-state index in [1.165, 1.54) is 32.1 Å². The quantitative estimate of drug-likeness (QED) is 0.758. The molecule has 3 heteroatoms. The van der Waals surface area contributed by atoms with Crippen molar-refractivity contribution in [2.75, 3.05) is 13.1 Å². The minimum atomic E-state index is 0.0739. The molecule has 0 atom stereocenters. The maximum atomic E-state index is 12.7. The molecule has 1 fully saturated rings. The Morgan fingerprint density at radius 2 is 2.10 bits per heavy atom. The average Bonchev–Trinajstić information content (AvgIpc) is 2.77. The summed E-state index contributed by atoms with van der Waals surface area (Å²) in [6.07, 6.45) is 8.22. The van der Waals surface area contributed by atoms with E-state index in [9.17, 15) is 4.79 Å².